The summed E-state index contributed by atoms with van der Waals surface area (Å²) in [6, 6.07) is -0.285. The Kier molecular flexibility index (Phi) is 5.38. The molecule has 1 N–H and O–H groups in total. The third-order valence-corrected chi connectivity index (χ3v) is 1.99. The lowest BCUT2D eigenvalue weighted by molar-refractivity contribution is -0.134. The van der Waals surface area contributed by atoms with Gasteiger partial charge in [0, 0.05) is 20.0 Å². The number of carbonyl (C=O) groups is 2. The summed E-state index contributed by atoms with van der Waals surface area (Å²) in [7, 11) is 1.48. The lowest BCUT2D eigenvalue weighted by atomic mass is 9.99. The molecule has 0 aromatic carbocycles. The van der Waals surface area contributed by atoms with Crippen molar-refractivity contribution in [1.82, 2.24) is 5.32 Å². The number of amides is 1. The highest BCUT2D eigenvalue weighted by molar-refractivity contribution is 5.86. The van der Waals surface area contributed by atoms with E-state index >= 15 is 0 Å². The molecule has 0 aliphatic carbocycles. The number of methoxy groups -OCH3 is 1. The van der Waals surface area contributed by atoms with Gasteiger partial charge in [0.2, 0.25) is 5.91 Å². The summed E-state index contributed by atoms with van der Waals surface area (Å²) < 4.78 is 5.07. The van der Waals surface area contributed by atoms with Crippen LogP contribution in [0.4, 0.5) is 0 Å². The van der Waals surface area contributed by atoms with Crippen molar-refractivity contribution in [2.75, 3.05) is 7.11 Å². The first-order valence-corrected chi connectivity index (χ1v) is 4.73. The van der Waals surface area contributed by atoms with Gasteiger partial charge >= 0.3 is 0 Å². The van der Waals surface area contributed by atoms with E-state index in [2.05, 4.69) is 5.32 Å². The van der Waals surface area contributed by atoms with Crippen LogP contribution >= 0.6 is 0 Å². The lowest BCUT2D eigenvalue weighted by Crippen LogP contribution is -2.46. The van der Waals surface area contributed by atoms with Gasteiger partial charge in [-0.25, -0.2) is 0 Å². The molecule has 0 heterocycles. The summed E-state index contributed by atoms with van der Waals surface area (Å²) in [6.07, 6.45) is -0.557. The Hall–Kier alpha value is -0.900. The SMILES string of the molecule is COC(C(=O)C(C)C)C(C)NC(C)=O. The molecule has 4 nitrogen and oxygen atoms in total. The Morgan fingerprint density at radius 3 is 2.00 bits per heavy atom. The molecule has 0 bridgehead atoms. The van der Waals surface area contributed by atoms with Gasteiger partial charge in [-0.05, 0) is 6.92 Å². The van der Waals surface area contributed by atoms with E-state index in [0.717, 1.165) is 0 Å². The monoisotopic (exact) mass is 201 g/mol. The van der Waals surface area contributed by atoms with Crippen LogP contribution in [0, 0.1) is 5.92 Å². The molecule has 14 heavy (non-hydrogen) atoms. The molecule has 0 saturated heterocycles. The van der Waals surface area contributed by atoms with Crippen LogP contribution in [0.3, 0.4) is 0 Å². The molecule has 4 heteroatoms. The van der Waals surface area contributed by atoms with Crippen molar-refractivity contribution >= 4 is 11.7 Å². The second-order valence-corrected chi connectivity index (χ2v) is 3.70. The first kappa shape index (κ1) is 13.1. The quantitative estimate of drug-likeness (QED) is 0.714. The van der Waals surface area contributed by atoms with Crippen LogP contribution in [0.2, 0.25) is 0 Å². The van der Waals surface area contributed by atoms with Gasteiger partial charge in [0.1, 0.15) is 6.10 Å². The smallest absolute Gasteiger partial charge is 0.217 e. The van der Waals surface area contributed by atoms with Crippen molar-refractivity contribution in [3.8, 4) is 0 Å². The lowest BCUT2D eigenvalue weighted by Gasteiger charge is -2.23. The Balaban J connectivity index is 4.39. The summed E-state index contributed by atoms with van der Waals surface area (Å²) in [5.74, 6) is -0.235. The largest absolute Gasteiger partial charge is 0.372 e. The van der Waals surface area contributed by atoms with Crippen LogP contribution in [-0.4, -0.2) is 30.9 Å². The van der Waals surface area contributed by atoms with Gasteiger partial charge in [0.05, 0.1) is 6.04 Å². The average molecular weight is 201 g/mol. The highest BCUT2D eigenvalue weighted by Gasteiger charge is 2.26. The number of ether oxygens (including phenoxy) is 1. The predicted molar refractivity (Wildman–Crippen MR) is 53.9 cm³/mol. The first-order valence-electron chi connectivity index (χ1n) is 4.73. The van der Waals surface area contributed by atoms with E-state index in [1.54, 1.807) is 6.92 Å². The standard InChI is InChI=1S/C10H19NO3/c1-6(2)9(13)10(14-5)7(3)11-8(4)12/h6-7,10H,1-5H3,(H,11,12). The van der Waals surface area contributed by atoms with Gasteiger partial charge in [0.15, 0.2) is 5.78 Å². The van der Waals surface area contributed by atoms with Crippen LogP contribution in [0.5, 0.6) is 0 Å². The zero-order valence-corrected chi connectivity index (χ0v) is 9.46. The molecular formula is C10H19NO3. The fraction of sp³-hybridized carbons (Fsp3) is 0.800. The highest BCUT2D eigenvalue weighted by Crippen LogP contribution is 2.07. The maximum absolute atomic E-state index is 11.6. The van der Waals surface area contributed by atoms with E-state index in [0.29, 0.717) is 0 Å². The van der Waals surface area contributed by atoms with Crippen LogP contribution < -0.4 is 5.32 Å². The minimum Gasteiger partial charge on any atom is -0.372 e. The summed E-state index contributed by atoms with van der Waals surface area (Å²) in [5.41, 5.74) is 0. The molecule has 0 aromatic rings. The minimum atomic E-state index is -0.557. The third kappa shape index (κ3) is 3.87. The van der Waals surface area contributed by atoms with Gasteiger partial charge in [0.25, 0.3) is 0 Å². The Morgan fingerprint density at radius 1 is 1.21 bits per heavy atom. The summed E-state index contributed by atoms with van der Waals surface area (Å²) in [6.45, 7) is 6.81. The summed E-state index contributed by atoms with van der Waals surface area (Å²) >= 11 is 0. The second-order valence-electron chi connectivity index (χ2n) is 3.70. The number of rotatable bonds is 5. The predicted octanol–water partition coefficient (Wildman–Crippen LogP) is 0.751. The van der Waals surface area contributed by atoms with Crippen molar-refractivity contribution in [3.63, 3.8) is 0 Å². The van der Waals surface area contributed by atoms with Crippen LogP contribution in [0.1, 0.15) is 27.7 Å². The van der Waals surface area contributed by atoms with Crippen molar-refractivity contribution in [2.24, 2.45) is 5.92 Å². The van der Waals surface area contributed by atoms with Crippen molar-refractivity contribution in [3.05, 3.63) is 0 Å². The van der Waals surface area contributed by atoms with Crippen molar-refractivity contribution in [2.45, 2.75) is 39.8 Å². The Bertz CT molecular complexity index is 213. The molecule has 0 spiro atoms. The van der Waals surface area contributed by atoms with Gasteiger partial charge in [-0.1, -0.05) is 13.8 Å². The Morgan fingerprint density at radius 2 is 1.71 bits per heavy atom. The van der Waals surface area contributed by atoms with E-state index < -0.39 is 6.10 Å². The topological polar surface area (TPSA) is 55.4 Å². The maximum atomic E-state index is 11.6. The summed E-state index contributed by atoms with van der Waals surface area (Å²) in [4.78, 5) is 22.4. The first-order chi connectivity index (χ1) is 6.40. The van der Waals surface area contributed by atoms with E-state index in [-0.39, 0.29) is 23.7 Å². The molecule has 0 aliphatic heterocycles. The normalized spacial score (nSPS) is 15.0. The molecule has 1 amide bonds. The molecule has 0 saturated carbocycles. The molecule has 2 unspecified atom stereocenters. The van der Waals surface area contributed by atoms with Crippen molar-refractivity contribution in [1.29, 1.82) is 0 Å². The van der Waals surface area contributed by atoms with Gasteiger partial charge < -0.3 is 10.1 Å². The molecule has 0 aromatic heterocycles. The summed E-state index contributed by atoms with van der Waals surface area (Å²) in [5, 5.41) is 2.64. The van der Waals surface area contributed by atoms with E-state index in [1.165, 1.54) is 14.0 Å². The molecule has 0 aliphatic rings. The number of hydrogen-bond donors (Lipinski definition) is 1. The molecule has 0 fully saturated rings. The van der Waals surface area contributed by atoms with Crippen molar-refractivity contribution < 1.29 is 14.3 Å². The second kappa shape index (κ2) is 5.75. The molecule has 0 radical (unpaired) electrons. The minimum absolute atomic E-state index is 0.00810. The van der Waals surface area contributed by atoms with E-state index in [9.17, 15) is 9.59 Å². The van der Waals surface area contributed by atoms with Crippen LogP contribution in [0.25, 0.3) is 0 Å². The van der Waals surface area contributed by atoms with Gasteiger partial charge in [-0.3, -0.25) is 9.59 Å². The molecule has 2 atom stereocenters. The zero-order valence-electron chi connectivity index (χ0n) is 9.46. The molecule has 0 rings (SSSR count). The third-order valence-electron chi connectivity index (χ3n) is 1.99. The van der Waals surface area contributed by atoms with Gasteiger partial charge in [-0.15, -0.1) is 0 Å². The average Bonchev–Trinajstić information content (AvgIpc) is 2.03. The van der Waals surface area contributed by atoms with Crippen LogP contribution in [0.15, 0.2) is 0 Å². The van der Waals surface area contributed by atoms with E-state index in [4.69, 9.17) is 4.74 Å². The number of Topliss-reactive ketones (excluding diaryl/α,β-unsaturated/α-hetero) is 1. The molecule has 82 valence electrons. The molecular weight excluding hydrogens is 182 g/mol. The fourth-order valence-electron chi connectivity index (χ4n) is 1.29. The maximum Gasteiger partial charge on any atom is 0.217 e. The van der Waals surface area contributed by atoms with Crippen LogP contribution in [-0.2, 0) is 14.3 Å². The van der Waals surface area contributed by atoms with Gasteiger partial charge in [-0.2, -0.15) is 0 Å². The fourth-order valence-corrected chi connectivity index (χ4v) is 1.29. The number of carbonyl (C=O) groups excluding carboxylic acids is 2. The highest BCUT2D eigenvalue weighted by atomic mass is 16.5. The zero-order chi connectivity index (χ0) is 11.3. The number of ketones is 1. The number of hydrogen-bond acceptors (Lipinski definition) is 3. The van der Waals surface area contributed by atoms with E-state index in [1.807, 2.05) is 13.8 Å². The number of nitrogens with one attached hydrogen (secondary N) is 1. The Labute approximate surface area is 85.0 Å².